The van der Waals surface area contributed by atoms with E-state index >= 15 is 0 Å². The van der Waals surface area contributed by atoms with Crippen LogP contribution in [0, 0.1) is 10.1 Å². The lowest BCUT2D eigenvalue weighted by atomic mass is 10.1. The number of carbonyl (C=O) groups is 1. The number of hydrogen-bond donors (Lipinski definition) is 1. The average molecular weight is 310 g/mol. The maximum absolute atomic E-state index is 12.0. The molecule has 1 N–H and O–H groups in total. The molecule has 0 bridgehead atoms. The van der Waals surface area contributed by atoms with Crippen LogP contribution in [0.3, 0.4) is 0 Å². The predicted octanol–water partition coefficient (Wildman–Crippen LogP) is 3.08. The summed E-state index contributed by atoms with van der Waals surface area (Å²) in [5.41, 5.74) is 0.725. The maximum atomic E-state index is 12.0. The van der Waals surface area contributed by atoms with Gasteiger partial charge in [-0.15, -0.1) is 0 Å². The second kappa shape index (κ2) is 7.31. The molecule has 0 radical (unpaired) electrons. The summed E-state index contributed by atoms with van der Waals surface area (Å²) in [6.07, 6.45) is 2.04. The largest absolute Gasteiger partial charge is 0.462 e. The van der Waals surface area contributed by atoms with Gasteiger partial charge in [-0.2, -0.15) is 11.8 Å². The Hall–Kier alpha value is -1.76. The van der Waals surface area contributed by atoms with E-state index in [2.05, 4.69) is 5.32 Å². The molecule has 0 spiro atoms. The van der Waals surface area contributed by atoms with Crippen LogP contribution in [-0.4, -0.2) is 35.0 Å². The van der Waals surface area contributed by atoms with Crippen LogP contribution in [0.5, 0.6) is 0 Å². The summed E-state index contributed by atoms with van der Waals surface area (Å²) in [7, 11) is 0. The van der Waals surface area contributed by atoms with Crippen LogP contribution in [-0.2, 0) is 4.74 Å². The minimum atomic E-state index is -0.533. The summed E-state index contributed by atoms with van der Waals surface area (Å²) in [6.45, 7) is 1.95. The lowest BCUT2D eigenvalue weighted by Crippen LogP contribution is -2.25. The Labute approximate surface area is 127 Å². The van der Waals surface area contributed by atoms with E-state index < -0.39 is 10.9 Å². The van der Waals surface area contributed by atoms with Gasteiger partial charge in [-0.1, -0.05) is 0 Å². The van der Waals surface area contributed by atoms with Crippen molar-refractivity contribution in [1.82, 2.24) is 0 Å². The fraction of sp³-hybridized carbons (Fsp3) is 0.500. The van der Waals surface area contributed by atoms with Crippen LogP contribution >= 0.6 is 11.8 Å². The van der Waals surface area contributed by atoms with Gasteiger partial charge in [0.25, 0.3) is 5.69 Å². The van der Waals surface area contributed by atoms with Crippen molar-refractivity contribution in [3.63, 3.8) is 0 Å². The zero-order valence-corrected chi connectivity index (χ0v) is 12.6. The molecule has 1 heterocycles. The molecule has 6 nitrogen and oxygen atoms in total. The minimum absolute atomic E-state index is 0.109. The number of non-ortho nitro benzene ring substituents is 1. The highest BCUT2D eigenvalue weighted by atomic mass is 32.2. The molecule has 0 aliphatic carbocycles. The first-order valence-electron chi connectivity index (χ1n) is 6.91. The normalized spacial score (nSPS) is 15.5. The summed E-state index contributed by atoms with van der Waals surface area (Å²) < 4.78 is 4.99. The summed E-state index contributed by atoms with van der Waals surface area (Å²) in [5.74, 6) is 1.63. The Morgan fingerprint density at radius 2 is 2.19 bits per heavy atom. The van der Waals surface area contributed by atoms with Gasteiger partial charge in [-0.05, 0) is 37.3 Å². The van der Waals surface area contributed by atoms with E-state index in [0.717, 1.165) is 24.3 Å². The van der Waals surface area contributed by atoms with E-state index in [1.165, 1.54) is 12.1 Å². The third-order valence-electron chi connectivity index (χ3n) is 3.29. The van der Waals surface area contributed by atoms with Gasteiger partial charge in [0.15, 0.2) is 0 Å². The highest BCUT2D eigenvalue weighted by molar-refractivity contribution is 7.99. The van der Waals surface area contributed by atoms with Crippen LogP contribution in [0.1, 0.15) is 30.1 Å². The predicted molar refractivity (Wildman–Crippen MR) is 83.0 cm³/mol. The van der Waals surface area contributed by atoms with Crippen molar-refractivity contribution < 1.29 is 14.5 Å². The lowest BCUT2D eigenvalue weighted by Gasteiger charge is -2.24. The summed E-state index contributed by atoms with van der Waals surface area (Å²) in [6, 6.07) is 4.56. The first-order valence-corrected chi connectivity index (χ1v) is 8.07. The zero-order valence-electron chi connectivity index (χ0n) is 11.8. The molecule has 1 aromatic carbocycles. The van der Waals surface area contributed by atoms with E-state index in [1.54, 1.807) is 13.0 Å². The number of anilines is 1. The van der Waals surface area contributed by atoms with Crippen LogP contribution in [0.25, 0.3) is 0 Å². The van der Waals surface area contributed by atoms with E-state index in [4.69, 9.17) is 4.74 Å². The molecule has 7 heteroatoms. The van der Waals surface area contributed by atoms with Crippen molar-refractivity contribution in [2.45, 2.75) is 25.8 Å². The number of thioether (sulfide) groups is 1. The molecule has 114 valence electrons. The van der Waals surface area contributed by atoms with E-state index in [1.807, 2.05) is 11.8 Å². The van der Waals surface area contributed by atoms with Crippen LogP contribution < -0.4 is 5.32 Å². The van der Waals surface area contributed by atoms with Gasteiger partial charge in [-0.25, -0.2) is 4.79 Å². The molecule has 1 saturated heterocycles. The smallest absolute Gasteiger partial charge is 0.340 e. The third kappa shape index (κ3) is 4.10. The number of nitrogens with zero attached hydrogens (tertiary/aromatic N) is 1. The summed E-state index contributed by atoms with van der Waals surface area (Å²) in [4.78, 5) is 22.3. The van der Waals surface area contributed by atoms with Gasteiger partial charge in [0, 0.05) is 23.9 Å². The molecule has 1 fully saturated rings. The molecular formula is C14H18N2O4S. The van der Waals surface area contributed by atoms with Gasteiger partial charge in [0.05, 0.1) is 17.1 Å². The van der Waals surface area contributed by atoms with Crippen LogP contribution in [0.4, 0.5) is 11.4 Å². The molecule has 1 aromatic rings. The molecule has 1 aliphatic rings. The first-order chi connectivity index (χ1) is 10.1. The number of rotatable bonds is 5. The summed E-state index contributed by atoms with van der Waals surface area (Å²) >= 11 is 1.91. The Bertz CT molecular complexity index is 530. The maximum Gasteiger partial charge on any atom is 0.340 e. The second-order valence-corrected chi connectivity index (χ2v) is 5.96. The molecule has 2 rings (SSSR count). The highest BCUT2D eigenvalue weighted by Gasteiger charge is 2.21. The molecule has 0 saturated carbocycles. The van der Waals surface area contributed by atoms with Gasteiger partial charge in [-0.3, -0.25) is 10.1 Å². The standard InChI is InChI=1S/C14H18N2O4S/c1-2-20-14(17)12-9-11(16(18)19)3-4-13(12)15-10-5-7-21-8-6-10/h3-4,9-10,15H,2,5-8H2,1H3. The average Bonchev–Trinajstić information content (AvgIpc) is 2.48. The Morgan fingerprint density at radius 1 is 1.48 bits per heavy atom. The van der Waals surface area contributed by atoms with Crippen molar-refractivity contribution in [3.05, 3.63) is 33.9 Å². The Kier molecular flexibility index (Phi) is 5.44. The van der Waals surface area contributed by atoms with Gasteiger partial charge < -0.3 is 10.1 Å². The van der Waals surface area contributed by atoms with Gasteiger partial charge in [0.2, 0.25) is 0 Å². The molecule has 0 aromatic heterocycles. The van der Waals surface area contributed by atoms with Crippen molar-refractivity contribution in [2.24, 2.45) is 0 Å². The minimum Gasteiger partial charge on any atom is -0.462 e. The monoisotopic (exact) mass is 310 g/mol. The zero-order chi connectivity index (χ0) is 15.2. The lowest BCUT2D eigenvalue weighted by molar-refractivity contribution is -0.384. The number of benzene rings is 1. The topological polar surface area (TPSA) is 81.5 Å². The molecule has 21 heavy (non-hydrogen) atoms. The third-order valence-corrected chi connectivity index (χ3v) is 4.34. The second-order valence-electron chi connectivity index (χ2n) is 4.74. The first kappa shape index (κ1) is 15.6. The molecule has 1 aliphatic heterocycles. The van der Waals surface area contributed by atoms with Crippen molar-refractivity contribution >= 4 is 29.1 Å². The SMILES string of the molecule is CCOC(=O)c1cc([N+](=O)[O-])ccc1NC1CCSCC1. The molecule has 0 unspecified atom stereocenters. The van der Waals surface area contributed by atoms with E-state index in [9.17, 15) is 14.9 Å². The highest BCUT2D eigenvalue weighted by Crippen LogP contribution is 2.26. The number of nitro benzene ring substituents is 1. The van der Waals surface area contributed by atoms with E-state index in [0.29, 0.717) is 11.7 Å². The van der Waals surface area contributed by atoms with Crippen molar-refractivity contribution in [2.75, 3.05) is 23.4 Å². The number of nitrogens with one attached hydrogen (secondary N) is 1. The number of hydrogen-bond acceptors (Lipinski definition) is 6. The number of ether oxygens (including phenoxy) is 1. The fourth-order valence-corrected chi connectivity index (χ4v) is 3.32. The Morgan fingerprint density at radius 3 is 2.81 bits per heavy atom. The van der Waals surface area contributed by atoms with Crippen LogP contribution in [0.15, 0.2) is 18.2 Å². The number of esters is 1. The van der Waals surface area contributed by atoms with Gasteiger partial charge in [0.1, 0.15) is 0 Å². The summed E-state index contributed by atoms with van der Waals surface area (Å²) in [5, 5.41) is 14.2. The van der Waals surface area contributed by atoms with Crippen molar-refractivity contribution in [1.29, 1.82) is 0 Å². The number of nitro groups is 1. The van der Waals surface area contributed by atoms with E-state index in [-0.39, 0.29) is 17.9 Å². The quantitative estimate of drug-likeness (QED) is 0.511. The van der Waals surface area contributed by atoms with Crippen molar-refractivity contribution in [3.8, 4) is 0 Å². The van der Waals surface area contributed by atoms with Gasteiger partial charge >= 0.3 is 5.97 Å². The molecule has 0 amide bonds. The Balaban J connectivity index is 2.25. The van der Waals surface area contributed by atoms with Crippen LogP contribution in [0.2, 0.25) is 0 Å². The molecular weight excluding hydrogens is 292 g/mol. The number of carbonyl (C=O) groups excluding carboxylic acids is 1. The fourth-order valence-electron chi connectivity index (χ4n) is 2.21. The molecule has 0 atom stereocenters.